The van der Waals surface area contributed by atoms with E-state index in [1.807, 2.05) is 12.3 Å². The van der Waals surface area contributed by atoms with Gasteiger partial charge in [-0.05, 0) is 44.2 Å². The summed E-state index contributed by atoms with van der Waals surface area (Å²) in [6, 6.07) is 4.55. The first-order valence-electron chi connectivity index (χ1n) is 5.95. The highest BCUT2D eigenvalue weighted by Gasteiger charge is 2.16. The molecule has 1 fully saturated rings. The Kier molecular flexibility index (Phi) is 5.63. The summed E-state index contributed by atoms with van der Waals surface area (Å²) in [7, 11) is 1.64. The van der Waals surface area contributed by atoms with E-state index in [-0.39, 0.29) is 0 Å². The van der Waals surface area contributed by atoms with Gasteiger partial charge in [0.25, 0.3) is 0 Å². The number of hydrogen-bond acceptors (Lipinski definition) is 4. The maximum Gasteiger partial charge on any atom is 0.128 e. The molecule has 0 unspecified atom stereocenters. The average molecular weight is 234 g/mol. The Balaban J connectivity index is 0.000000437. The predicted molar refractivity (Wildman–Crippen MR) is 73.9 cm³/mol. The van der Waals surface area contributed by atoms with E-state index < -0.39 is 0 Å². The summed E-state index contributed by atoms with van der Waals surface area (Å²) < 4.78 is 0. The molecular formula is C13H22N4. The summed E-state index contributed by atoms with van der Waals surface area (Å²) in [5, 5.41) is 0. The molecular weight excluding hydrogens is 212 g/mol. The van der Waals surface area contributed by atoms with Crippen LogP contribution in [0.15, 0.2) is 23.3 Å². The Hall–Kier alpha value is -1.42. The normalized spacial score (nSPS) is 16.1. The first kappa shape index (κ1) is 13.6. The molecule has 0 amide bonds. The van der Waals surface area contributed by atoms with Crippen molar-refractivity contribution >= 4 is 12.5 Å². The zero-order chi connectivity index (χ0) is 12.7. The van der Waals surface area contributed by atoms with Gasteiger partial charge in [-0.25, -0.2) is 4.98 Å². The quantitative estimate of drug-likeness (QED) is 0.751. The summed E-state index contributed by atoms with van der Waals surface area (Å²) in [5.74, 6) is 1.09. The molecule has 0 aliphatic carbocycles. The fraction of sp³-hybridized carbons (Fsp3) is 0.538. The molecule has 1 aliphatic heterocycles. The van der Waals surface area contributed by atoms with Crippen LogP contribution < -0.4 is 10.6 Å². The molecule has 0 aromatic carbocycles. The third-order valence-electron chi connectivity index (χ3n) is 2.76. The highest BCUT2D eigenvalue weighted by Crippen LogP contribution is 2.17. The number of rotatable bonds is 1. The van der Waals surface area contributed by atoms with E-state index in [0.717, 1.165) is 31.7 Å². The Labute approximate surface area is 104 Å². The molecule has 1 aliphatic rings. The summed E-state index contributed by atoms with van der Waals surface area (Å²) in [6.07, 6.45) is 4.03. The van der Waals surface area contributed by atoms with Crippen LogP contribution >= 0.6 is 0 Å². The van der Waals surface area contributed by atoms with Gasteiger partial charge in [0, 0.05) is 32.4 Å². The zero-order valence-corrected chi connectivity index (χ0v) is 10.8. The van der Waals surface area contributed by atoms with Gasteiger partial charge in [-0.15, -0.1) is 0 Å². The van der Waals surface area contributed by atoms with Crippen molar-refractivity contribution in [1.29, 1.82) is 0 Å². The molecule has 0 radical (unpaired) electrons. The summed E-state index contributed by atoms with van der Waals surface area (Å²) >= 11 is 0. The standard InChI is InChI=1S/C11H17N3.C2H5N/c1-9-2-5-13-11(8-9)14-6-3-10(12)4-7-14;1-3-2/h2,5,8,10H,3-4,6-7,12H2,1H3;1H2,2H3. The van der Waals surface area contributed by atoms with Crippen molar-refractivity contribution in [3.05, 3.63) is 23.9 Å². The fourth-order valence-corrected chi connectivity index (χ4v) is 1.82. The smallest absolute Gasteiger partial charge is 0.128 e. The number of aromatic nitrogens is 1. The van der Waals surface area contributed by atoms with Crippen LogP contribution in [0.25, 0.3) is 0 Å². The highest BCUT2D eigenvalue weighted by atomic mass is 15.2. The number of nitrogens with zero attached hydrogens (tertiary/aromatic N) is 3. The molecule has 0 atom stereocenters. The Morgan fingerprint density at radius 1 is 1.47 bits per heavy atom. The molecule has 4 nitrogen and oxygen atoms in total. The average Bonchev–Trinajstić information content (AvgIpc) is 2.31. The van der Waals surface area contributed by atoms with Crippen LogP contribution in [0, 0.1) is 6.92 Å². The van der Waals surface area contributed by atoms with Crippen molar-refractivity contribution < 1.29 is 0 Å². The number of aryl methyl sites for hydroxylation is 1. The van der Waals surface area contributed by atoms with Gasteiger partial charge < -0.3 is 15.6 Å². The number of aliphatic imine (C=N–C) groups is 1. The van der Waals surface area contributed by atoms with Crippen LogP contribution in [-0.2, 0) is 0 Å². The van der Waals surface area contributed by atoms with E-state index in [0.29, 0.717) is 6.04 Å². The molecule has 0 saturated carbocycles. The largest absolute Gasteiger partial charge is 0.356 e. The summed E-state index contributed by atoms with van der Waals surface area (Å²) in [5.41, 5.74) is 7.13. The fourth-order valence-electron chi connectivity index (χ4n) is 1.82. The first-order valence-corrected chi connectivity index (χ1v) is 5.95. The molecule has 2 heterocycles. The van der Waals surface area contributed by atoms with Gasteiger partial charge in [0.05, 0.1) is 0 Å². The van der Waals surface area contributed by atoms with Crippen LogP contribution in [0.3, 0.4) is 0 Å². The molecule has 94 valence electrons. The third kappa shape index (κ3) is 4.53. The topological polar surface area (TPSA) is 54.5 Å². The summed E-state index contributed by atoms with van der Waals surface area (Å²) in [6.45, 7) is 7.29. The van der Waals surface area contributed by atoms with Crippen molar-refractivity contribution in [3.8, 4) is 0 Å². The molecule has 17 heavy (non-hydrogen) atoms. The highest BCUT2D eigenvalue weighted by molar-refractivity contribution is 5.41. The van der Waals surface area contributed by atoms with Gasteiger partial charge in [0.2, 0.25) is 0 Å². The van der Waals surface area contributed by atoms with E-state index in [2.05, 4.69) is 34.6 Å². The van der Waals surface area contributed by atoms with Gasteiger partial charge >= 0.3 is 0 Å². The lowest BCUT2D eigenvalue weighted by atomic mass is 10.1. The Morgan fingerprint density at radius 2 is 2.06 bits per heavy atom. The van der Waals surface area contributed by atoms with Crippen molar-refractivity contribution in [2.24, 2.45) is 10.7 Å². The second kappa shape index (κ2) is 7.01. The number of pyridine rings is 1. The van der Waals surface area contributed by atoms with Crippen molar-refractivity contribution in [3.63, 3.8) is 0 Å². The van der Waals surface area contributed by atoms with E-state index in [1.54, 1.807) is 7.05 Å². The van der Waals surface area contributed by atoms with Crippen LogP contribution in [0.4, 0.5) is 5.82 Å². The lowest BCUT2D eigenvalue weighted by molar-refractivity contribution is 0.498. The van der Waals surface area contributed by atoms with Gasteiger partial charge in [-0.3, -0.25) is 0 Å². The number of hydrogen-bond donors (Lipinski definition) is 1. The van der Waals surface area contributed by atoms with Gasteiger partial charge in [0.1, 0.15) is 5.82 Å². The van der Waals surface area contributed by atoms with E-state index in [9.17, 15) is 0 Å². The lowest BCUT2D eigenvalue weighted by Gasteiger charge is -2.31. The number of anilines is 1. The molecule has 2 rings (SSSR count). The van der Waals surface area contributed by atoms with E-state index in [1.165, 1.54) is 5.56 Å². The van der Waals surface area contributed by atoms with E-state index in [4.69, 9.17) is 5.73 Å². The van der Waals surface area contributed by atoms with Crippen molar-refractivity contribution in [1.82, 2.24) is 4.98 Å². The van der Waals surface area contributed by atoms with Crippen LogP contribution in [0.1, 0.15) is 18.4 Å². The molecule has 0 bridgehead atoms. The SMILES string of the molecule is C=NC.Cc1ccnc(N2CCC(N)CC2)c1. The zero-order valence-electron chi connectivity index (χ0n) is 10.8. The number of piperidine rings is 1. The molecule has 1 aromatic heterocycles. The van der Waals surface area contributed by atoms with Gasteiger partial charge in [-0.2, -0.15) is 0 Å². The van der Waals surface area contributed by atoms with Crippen LogP contribution in [0.5, 0.6) is 0 Å². The lowest BCUT2D eigenvalue weighted by Crippen LogP contribution is -2.40. The second-order valence-electron chi connectivity index (χ2n) is 4.33. The number of nitrogens with two attached hydrogens (primary N) is 1. The van der Waals surface area contributed by atoms with Gasteiger partial charge in [0.15, 0.2) is 0 Å². The molecule has 1 aromatic rings. The minimum absolute atomic E-state index is 0.385. The monoisotopic (exact) mass is 234 g/mol. The maximum atomic E-state index is 5.86. The Bertz CT molecular complexity index is 343. The first-order chi connectivity index (χ1) is 8.17. The predicted octanol–water partition coefficient (Wildman–Crippen LogP) is 1.63. The minimum atomic E-state index is 0.385. The van der Waals surface area contributed by atoms with E-state index >= 15 is 0 Å². The minimum Gasteiger partial charge on any atom is -0.356 e. The van der Waals surface area contributed by atoms with Crippen LogP contribution in [-0.4, -0.2) is 37.9 Å². The second-order valence-corrected chi connectivity index (χ2v) is 4.33. The molecule has 2 N–H and O–H groups in total. The Morgan fingerprint density at radius 3 is 2.59 bits per heavy atom. The maximum absolute atomic E-state index is 5.86. The van der Waals surface area contributed by atoms with Crippen LogP contribution in [0.2, 0.25) is 0 Å². The molecule has 1 saturated heterocycles. The summed E-state index contributed by atoms with van der Waals surface area (Å²) in [4.78, 5) is 9.94. The van der Waals surface area contributed by atoms with Crippen molar-refractivity contribution in [2.75, 3.05) is 25.0 Å². The van der Waals surface area contributed by atoms with Gasteiger partial charge in [-0.1, -0.05) is 0 Å². The molecule has 4 heteroatoms. The molecule has 0 spiro atoms. The van der Waals surface area contributed by atoms with Crippen molar-refractivity contribution in [2.45, 2.75) is 25.8 Å². The third-order valence-corrected chi connectivity index (χ3v) is 2.76.